The van der Waals surface area contributed by atoms with Gasteiger partial charge in [-0.2, -0.15) is 0 Å². The second-order valence-corrected chi connectivity index (χ2v) is 5.16. The Bertz CT molecular complexity index is 527. The maximum atomic E-state index is 11.1. The van der Waals surface area contributed by atoms with Gasteiger partial charge in [0.15, 0.2) is 0 Å². The highest BCUT2D eigenvalue weighted by atomic mass is 32.2. The molecule has 0 atom stereocenters. The van der Waals surface area contributed by atoms with E-state index in [1.165, 1.54) is 6.07 Å². The Morgan fingerprint density at radius 1 is 1.35 bits per heavy atom. The van der Waals surface area contributed by atoms with Gasteiger partial charge in [0.25, 0.3) is 5.91 Å². The first-order valence-electron chi connectivity index (χ1n) is 4.74. The Balaban J connectivity index is 2.86. The van der Waals surface area contributed by atoms with Crippen LogP contribution in [0.15, 0.2) is 18.2 Å². The first-order valence-corrected chi connectivity index (χ1v) is 6.45. The molecule has 94 valence electrons. The van der Waals surface area contributed by atoms with Crippen LogP contribution in [0, 0.1) is 0 Å². The van der Waals surface area contributed by atoms with E-state index in [2.05, 4.69) is 5.32 Å². The SMILES string of the molecule is NC(=O)c1cccc(N)c1NCCS(N)(=O)=O. The van der Waals surface area contributed by atoms with E-state index in [9.17, 15) is 13.2 Å². The molecule has 0 radical (unpaired) electrons. The highest BCUT2D eigenvalue weighted by Crippen LogP contribution is 2.22. The van der Waals surface area contributed by atoms with Gasteiger partial charge in [-0.25, -0.2) is 13.6 Å². The minimum atomic E-state index is -3.56. The number of para-hydroxylation sites is 1. The molecule has 0 aliphatic heterocycles. The van der Waals surface area contributed by atoms with Crippen molar-refractivity contribution in [2.75, 3.05) is 23.3 Å². The third-order valence-corrected chi connectivity index (χ3v) is 2.82. The lowest BCUT2D eigenvalue weighted by molar-refractivity contribution is 0.100. The van der Waals surface area contributed by atoms with Crippen molar-refractivity contribution in [1.82, 2.24) is 0 Å². The van der Waals surface area contributed by atoms with Gasteiger partial charge in [-0.1, -0.05) is 6.07 Å². The quantitative estimate of drug-likeness (QED) is 0.505. The molecular formula is C9H14N4O3S. The number of primary sulfonamides is 1. The number of amides is 1. The van der Waals surface area contributed by atoms with Gasteiger partial charge in [0.2, 0.25) is 10.0 Å². The number of hydrogen-bond acceptors (Lipinski definition) is 5. The van der Waals surface area contributed by atoms with Crippen molar-refractivity contribution in [2.24, 2.45) is 10.9 Å². The van der Waals surface area contributed by atoms with E-state index in [1.54, 1.807) is 12.1 Å². The van der Waals surface area contributed by atoms with Gasteiger partial charge < -0.3 is 16.8 Å². The van der Waals surface area contributed by atoms with Crippen molar-refractivity contribution in [3.8, 4) is 0 Å². The van der Waals surface area contributed by atoms with E-state index in [-0.39, 0.29) is 17.9 Å². The summed E-state index contributed by atoms with van der Waals surface area (Å²) >= 11 is 0. The Labute approximate surface area is 99.0 Å². The fourth-order valence-corrected chi connectivity index (χ4v) is 1.68. The Hall–Kier alpha value is -1.80. The minimum absolute atomic E-state index is 0.0489. The van der Waals surface area contributed by atoms with E-state index in [4.69, 9.17) is 16.6 Å². The Morgan fingerprint density at radius 2 is 2.00 bits per heavy atom. The number of nitrogen functional groups attached to an aromatic ring is 1. The standard InChI is InChI=1S/C9H14N4O3S/c10-7-3-1-2-6(9(11)14)8(7)13-4-5-17(12,15)16/h1-3,13H,4-5,10H2,(H2,11,14)(H2,12,15,16). The molecule has 0 bridgehead atoms. The Kier molecular flexibility index (Phi) is 3.92. The van der Waals surface area contributed by atoms with Crippen LogP contribution >= 0.6 is 0 Å². The minimum Gasteiger partial charge on any atom is -0.397 e. The molecule has 7 nitrogen and oxygen atoms in total. The summed E-state index contributed by atoms with van der Waals surface area (Å²) in [6, 6.07) is 4.66. The van der Waals surface area contributed by atoms with Gasteiger partial charge in [-0.15, -0.1) is 0 Å². The molecule has 0 saturated heterocycles. The molecule has 0 aliphatic rings. The summed E-state index contributed by atoms with van der Waals surface area (Å²) in [5.74, 6) is -0.907. The molecule has 0 aliphatic carbocycles. The summed E-state index contributed by atoms with van der Waals surface area (Å²) in [7, 11) is -3.56. The lowest BCUT2D eigenvalue weighted by atomic mass is 10.1. The van der Waals surface area contributed by atoms with E-state index in [1.807, 2.05) is 0 Å². The van der Waals surface area contributed by atoms with Gasteiger partial charge in [0.05, 0.1) is 22.7 Å². The molecule has 8 heteroatoms. The first-order chi connectivity index (χ1) is 7.81. The maximum Gasteiger partial charge on any atom is 0.250 e. The molecule has 1 amide bonds. The van der Waals surface area contributed by atoms with Gasteiger partial charge in [0, 0.05) is 6.54 Å². The number of carbonyl (C=O) groups is 1. The molecule has 0 saturated carbocycles. The van der Waals surface area contributed by atoms with Crippen LogP contribution in [0.3, 0.4) is 0 Å². The predicted octanol–water partition coefficient (Wildman–Crippen LogP) is -0.932. The predicted molar refractivity (Wildman–Crippen MR) is 65.8 cm³/mol. The number of benzene rings is 1. The number of rotatable bonds is 5. The number of sulfonamides is 1. The summed E-state index contributed by atoms with van der Waals surface area (Å²) in [5.41, 5.74) is 11.7. The lowest BCUT2D eigenvalue weighted by Crippen LogP contribution is -2.24. The summed E-state index contributed by atoms with van der Waals surface area (Å²) in [5, 5.41) is 7.58. The van der Waals surface area contributed by atoms with Crippen LogP contribution in [0.1, 0.15) is 10.4 Å². The van der Waals surface area contributed by atoms with Crippen molar-refractivity contribution in [3.05, 3.63) is 23.8 Å². The van der Waals surface area contributed by atoms with E-state index >= 15 is 0 Å². The van der Waals surface area contributed by atoms with Crippen LogP contribution in [0.5, 0.6) is 0 Å². The third-order valence-electron chi connectivity index (χ3n) is 2.05. The lowest BCUT2D eigenvalue weighted by Gasteiger charge is -2.11. The van der Waals surface area contributed by atoms with Crippen LogP contribution in [-0.2, 0) is 10.0 Å². The van der Waals surface area contributed by atoms with Crippen molar-refractivity contribution in [2.45, 2.75) is 0 Å². The number of primary amides is 1. The van der Waals surface area contributed by atoms with E-state index in [0.717, 1.165) is 0 Å². The number of anilines is 2. The zero-order chi connectivity index (χ0) is 13.1. The molecule has 0 aromatic heterocycles. The van der Waals surface area contributed by atoms with Gasteiger partial charge >= 0.3 is 0 Å². The zero-order valence-electron chi connectivity index (χ0n) is 9.01. The van der Waals surface area contributed by atoms with Crippen molar-refractivity contribution in [3.63, 3.8) is 0 Å². The first kappa shape index (κ1) is 13.3. The second kappa shape index (κ2) is 5.02. The molecule has 1 aromatic rings. The zero-order valence-corrected chi connectivity index (χ0v) is 9.83. The molecule has 7 N–H and O–H groups in total. The third kappa shape index (κ3) is 3.93. The molecule has 0 fully saturated rings. The summed E-state index contributed by atoms with van der Waals surface area (Å²) < 4.78 is 21.5. The molecule has 0 heterocycles. The smallest absolute Gasteiger partial charge is 0.250 e. The van der Waals surface area contributed by atoms with Crippen molar-refractivity contribution < 1.29 is 13.2 Å². The van der Waals surface area contributed by atoms with Crippen LogP contribution in [0.4, 0.5) is 11.4 Å². The molecule has 17 heavy (non-hydrogen) atoms. The summed E-state index contributed by atoms with van der Waals surface area (Å²) in [4.78, 5) is 11.1. The van der Waals surface area contributed by atoms with Crippen LogP contribution in [0.2, 0.25) is 0 Å². The van der Waals surface area contributed by atoms with E-state index < -0.39 is 15.9 Å². The molecular weight excluding hydrogens is 244 g/mol. The monoisotopic (exact) mass is 258 g/mol. The fraction of sp³-hybridized carbons (Fsp3) is 0.222. The topological polar surface area (TPSA) is 141 Å². The number of nitrogens with one attached hydrogen (secondary N) is 1. The average Bonchev–Trinajstić information content (AvgIpc) is 2.18. The fourth-order valence-electron chi connectivity index (χ4n) is 1.29. The van der Waals surface area contributed by atoms with Crippen LogP contribution in [-0.4, -0.2) is 26.6 Å². The van der Waals surface area contributed by atoms with Gasteiger partial charge in [-0.05, 0) is 12.1 Å². The number of hydrogen-bond donors (Lipinski definition) is 4. The highest BCUT2D eigenvalue weighted by Gasteiger charge is 2.11. The summed E-state index contributed by atoms with van der Waals surface area (Å²) in [6.45, 7) is 0.0489. The number of carbonyl (C=O) groups excluding carboxylic acids is 1. The average molecular weight is 258 g/mol. The van der Waals surface area contributed by atoms with E-state index in [0.29, 0.717) is 11.4 Å². The maximum absolute atomic E-state index is 11.1. The van der Waals surface area contributed by atoms with Gasteiger partial charge in [0.1, 0.15) is 0 Å². The van der Waals surface area contributed by atoms with Crippen LogP contribution < -0.4 is 21.9 Å². The molecule has 0 spiro atoms. The summed E-state index contributed by atoms with van der Waals surface area (Å²) in [6.07, 6.45) is 0. The molecule has 1 rings (SSSR count). The molecule has 1 aromatic carbocycles. The normalized spacial score (nSPS) is 11.1. The van der Waals surface area contributed by atoms with Crippen molar-refractivity contribution in [1.29, 1.82) is 0 Å². The Morgan fingerprint density at radius 3 is 2.53 bits per heavy atom. The number of nitrogens with two attached hydrogens (primary N) is 3. The second-order valence-electron chi connectivity index (χ2n) is 3.43. The highest BCUT2D eigenvalue weighted by molar-refractivity contribution is 7.89. The van der Waals surface area contributed by atoms with Gasteiger partial charge in [-0.3, -0.25) is 4.79 Å². The largest absolute Gasteiger partial charge is 0.397 e. The van der Waals surface area contributed by atoms with Crippen molar-refractivity contribution >= 4 is 27.3 Å². The van der Waals surface area contributed by atoms with Crippen LogP contribution in [0.25, 0.3) is 0 Å². The molecule has 0 unspecified atom stereocenters.